The number of nitrogens with zero attached hydrogens (tertiary/aromatic N) is 1. The van der Waals surface area contributed by atoms with Crippen LogP contribution in [-0.4, -0.2) is 23.0 Å². The van der Waals surface area contributed by atoms with Crippen molar-refractivity contribution >= 4 is 22.8 Å². The predicted octanol–water partition coefficient (Wildman–Crippen LogP) is 1.57. The van der Waals surface area contributed by atoms with Crippen LogP contribution >= 0.6 is 0 Å². The highest BCUT2D eigenvalue weighted by Gasteiger charge is 2.18. The summed E-state index contributed by atoms with van der Waals surface area (Å²) in [7, 11) is 0. The number of rotatable bonds is 3. The fourth-order valence-electron chi connectivity index (χ4n) is 1.76. The van der Waals surface area contributed by atoms with E-state index in [1.807, 2.05) is 18.2 Å². The number of carbonyl (C=O) groups excluding carboxylic acids is 2. The molecular weight excluding hydrogens is 244 g/mol. The third-order valence-corrected chi connectivity index (χ3v) is 2.75. The Morgan fingerprint density at radius 2 is 2.00 bits per heavy atom. The zero-order valence-corrected chi connectivity index (χ0v) is 10.7. The molecule has 1 aromatic carbocycles. The molecule has 1 aromatic heterocycles. The number of benzene rings is 1. The van der Waals surface area contributed by atoms with Gasteiger partial charge in [-0.25, -0.2) is 4.79 Å². The topological polar surface area (TPSA) is 82.3 Å². The molecule has 98 valence electrons. The zero-order chi connectivity index (χ0) is 14.0. The lowest BCUT2D eigenvalue weighted by Crippen LogP contribution is -2.30. The SMILES string of the molecule is Cc1cc(C(=O)OC(C)C(N)=O)c2ccccc2n1. The third-order valence-electron chi connectivity index (χ3n) is 2.75. The normalized spacial score (nSPS) is 12.1. The Labute approximate surface area is 110 Å². The molecule has 0 bridgehead atoms. The summed E-state index contributed by atoms with van der Waals surface area (Å²) in [5.41, 5.74) is 6.88. The van der Waals surface area contributed by atoms with Gasteiger partial charge in [-0.3, -0.25) is 9.78 Å². The van der Waals surface area contributed by atoms with E-state index in [1.54, 1.807) is 19.1 Å². The minimum Gasteiger partial charge on any atom is -0.449 e. The molecule has 0 saturated heterocycles. The Morgan fingerprint density at radius 3 is 2.68 bits per heavy atom. The quantitative estimate of drug-likeness (QED) is 0.847. The number of primary amides is 1. The zero-order valence-electron chi connectivity index (χ0n) is 10.7. The van der Waals surface area contributed by atoms with Crippen molar-refractivity contribution in [2.24, 2.45) is 5.73 Å². The van der Waals surface area contributed by atoms with Crippen LogP contribution in [-0.2, 0) is 9.53 Å². The van der Waals surface area contributed by atoms with Gasteiger partial charge in [-0.2, -0.15) is 0 Å². The van der Waals surface area contributed by atoms with Crippen LogP contribution < -0.4 is 5.73 Å². The first-order valence-corrected chi connectivity index (χ1v) is 5.85. The van der Waals surface area contributed by atoms with E-state index in [-0.39, 0.29) is 0 Å². The number of hydrogen-bond donors (Lipinski definition) is 1. The largest absolute Gasteiger partial charge is 0.449 e. The summed E-state index contributed by atoms with van der Waals surface area (Å²) in [6.07, 6.45) is -0.959. The maximum absolute atomic E-state index is 12.1. The molecule has 0 aliphatic heterocycles. The summed E-state index contributed by atoms with van der Waals surface area (Å²) in [6, 6.07) is 8.89. The van der Waals surface area contributed by atoms with Crippen molar-refractivity contribution in [3.63, 3.8) is 0 Å². The fourth-order valence-corrected chi connectivity index (χ4v) is 1.76. The number of amides is 1. The molecule has 5 nitrogen and oxygen atoms in total. The maximum atomic E-state index is 12.1. The molecule has 19 heavy (non-hydrogen) atoms. The van der Waals surface area contributed by atoms with Crippen LogP contribution in [0.1, 0.15) is 23.0 Å². The van der Waals surface area contributed by atoms with Crippen LogP contribution in [0.3, 0.4) is 0 Å². The van der Waals surface area contributed by atoms with Crippen molar-refractivity contribution in [2.45, 2.75) is 20.0 Å². The molecule has 5 heteroatoms. The molecule has 0 aliphatic rings. The summed E-state index contributed by atoms with van der Waals surface area (Å²) in [4.78, 5) is 27.3. The van der Waals surface area contributed by atoms with E-state index >= 15 is 0 Å². The average molecular weight is 258 g/mol. The molecule has 1 amide bonds. The summed E-state index contributed by atoms with van der Waals surface area (Å²) < 4.78 is 5.02. The van der Waals surface area contributed by atoms with E-state index in [2.05, 4.69) is 4.98 Å². The van der Waals surface area contributed by atoms with E-state index in [0.717, 1.165) is 0 Å². The van der Waals surface area contributed by atoms with Gasteiger partial charge in [-0.1, -0.05) is 18.2 Å². The summed E-state index contributed by atoms with van der Waals surface area (Å²) in [6.45, 7) is 3.23. The second-order valence-corrected chi connectivity index (χ2v) is 4.28. The number of ether oxygens (including phenoxy) is 1. The van der Waals surface area contributed by atoms with Crippen molar-refractivity contribution < 1.29 is 14.3 Å². The molecule has 0 radical (unpaired) electrons. The molecule has 0 spiro atoms. The van der Waals surface area contributed by atoms with Crippen LogP contribution in [0, 0.1) is 6.92 Å². The van der Waals surface area contributed by atoms with Gasteiger partial charge in [0.25, 0.3) is 5.91 Å². The Hall–Kier alpha value is -2.43. The van der Waals surface area contributed by atoms with E-state index < -0.39 is 18.0 Å². The van der Waals surface area contributed by atoms with Crippen molar-refractivity contribution in [3.8, 4) is 0 Å². The number of pyridine rings is 1. The Bertz CT molecular complexity index is 652. The first-order chi connectivity index (χ1) is 8.99. The number of fused-ring (bicyclic) bond motifs is 1. The van der Waals surface area contributed by atoms with Gasteiger partial charge < -0.3 is 10.5 Å². The van der Waals surface area contributed by atoms with Gasteiger partial charge in [0.15, 0.2) is 6.10 Å². The molecular formula is C14H14N2O3. The van der Waals surface area contributed by atoms with Gasteiger partial charge in [0, 0.05) is 11.1 Å². The van der Waals surface area contributed by atoms with Gasteiger partial charge in [-0.05, 0) is 26.0 Å². The smallest absolute Gasteiger partial charge is 0.339 e. The monoisotopic (exact) mass is 258 g/mol. The molecule has 0 saturated carbocycles. The van der Waals surface area contributed by atoms with E-state index in [1.165, 1.54) is 6.92 Å². The van der Waals surface area contributed by atoms with Crippen LogP contribution in [0.25, 0.3) is 10.9 Å². The lowest BCUT2D eigenvalue weighted by molar-refractivity contribution is -0.125. The Balaban J connectivity index is 2.44. The van der Waals surface area contributed by atoms with Gasteiger partial charge in [0.2, 0.25) is 0 Å². The minimum absolute atomic E-state index is 0.385. The number of aromatic nitrogens is 1. The number of aryl methyl sites for hydroxylation is 1. The number of carbonyl (C=O) groups is 2. The maximum Gasteiger partial charge on any atom is 0.339 e. The first kappa shape index (κ1) is 13.0. The third kappa shape index (κ3) is 2.70. The molecule has 2 rings (SSSR count). The van der Waals surface area contributed by atoms with Gasteiger partial charge in [0.1, 0.15) is 0 Å². The fraction of sp³-hybridized carbons (Fsp3) is 0.214. The van der Waals surface area contributed by atoms with Crippen molar-refractivity contribution in [1.82, 2.24) is 4.98 Å². The van der Waals surface area contributed by atoms with Crippen LogP contribution in [0.2, 0.25) is 0 Å². The lowest BCUT2D eigenvalue weighted by Gasteiger charge is -2.11. The highest BCUT2D eigenvalue weighted by atomic mass is 16.5. The summed E-state index contributed by atoms with van der Waals surface area (Å²) in [5, 5.41) is 0.690. The molecule has 1 heterocycles. The number of para-hydroxylation sites is 1. The number of hydrogen-bond acceptors (Lipinski definition) is 4. The standard InChI is InChI=1S/C14H14N2O3/c1-8-7-11(14(18)19-9(2)13(15)17)10-5-3-4-6-12(10)16-8/h3-7,9H,1-2H3,(H2,15,17). The molecule has 2 N–H and O–H groups in total. The second-order valence-electron chi connectivity index (χ2n) is 4.28. The minimum atomic E-state index is -0.959. The van der Waals surface area contributed by atoms with Gasteiger partial charge in [0.05, 0.1) is 11.1 Å². The van der Waals surface area contributed by atoms with E-state index in [4.69, 9.17) is 10.5 Å². The summed E-state index contributed by atoms with van der Waals surface area (Å²) in [5.74, 6) is -1.25. The predicted molar refractivity (Wildman–Crippen MR) is 70.6 cm³/mol. The molecule has 0 aliphatic carbocycles. The molecule has 2 aromatic rings. The first-order valence-electron chi connectivity index (χ1n) is 5.85. The van der Waals surface area contributed by atoms with Gasteiger partial charge >= 0.3 is 5.97 Å². The van der Waals surface area contributed by atoms with Crippen LogP contribution in [0.5, 0.6) is 0 Å². The van der Waals surface area contributed by atoms with Crippen molar-refractivity contribution in [2.75, 3.05) is 0 Å². The molecule has 1 atom stereocenters. The summed E-state index contributed by atoms with van der Waals surface area (Å²) >= 11 is 0. The molecule has 0 fully saturated rings. The van der Waals surface area contributed by atoms with Crippen LogP contribution in [0.15, 0.2) is 30.3 Å². The highest BCUT2D eigenvalue weighted by molar-refractivity contribution is 6.04. The Morgan fingerprint density at radius 1 is 1.32 bits per heavy atom. The van der Waals surface area contributed by atoms with Crippen LogP contribution in [0.4, 0.5) is 0 Å². The van der Waals surface area contributed by atoms with Crippen molar-refractivity contribution in [1.29, 1.82) is 0 Å². The average Bonchev–Trinajstić information content (AvgIpc) is 2.37. The van der Waals surface area contributed by atoms with E-state index in [9.17, 15) is 9.59 Å². The van der Waals surface area contributed by atoms with Gasteiger partial charge in [-0.15, -0.1) is 0 Å². The number of esters is 1. The molecule has 1 unspecified atom stereocenters. The van der Waals surface area contributed by atoms with E-state index in [0.29, 0.717) is 22.2 Å². The Kier molecular flexibility index (Phi) is 3.46. The number of nitrogens with two attached hydrogens (primary N) is 1. The highest BCUT2D eigenvalue weighted by Crippen LogP contribution is 2.19. The second kappa shape index (κ2) is 5.06. The van der Waals surface area contributed by atoms with Crippen molar-refractivity contribution in [3.05, 3.63) is 41.6 Å². The lowest BCUT2D eigenvalue weighted by atomic mass is 10.1.